The van der Waals surface area contributed by atoms with Gasteiger partial charge in [-0.3, -0.25) is 4.79 Å². The molecule has 0 bridgehead atoms. The number of benzene rings is 1. The summed E-state index contributed by atoms with van der Waals surface area (Å²) in [6.45, 7) is 0.817. The normalized spacial score (nSPS) is 16.4. The lowest BCUT2D eigenvalue weighted by Gasteiger charge is -2.30. The van der Waals surface area contributed by atoms with Crippen LogP contribution in [0.25, 0.3) is 0 Å². The summed E-state index contributed by atoms with van der Waals surface area (Å²) in [5.74, 6) is 0.0509. The van der Waals surface area contributed by atoms with E-state index in [-0.39, 0.29) is 5.91 Å². The van der Waals surface area contributed by atoms with Gasteiger partial charge in [-0.25, -0.2) is 0 Å². The highest BCUT2D eigenvalue weighted by atomic mass is 35.5. The molecule has 1 amide bonds. The molecule has 0 aliphatic heterocycles. The van der Waals surface area contributed by atoms with Crippen molar-refractivity contribution in [2.24, 2.45) is 0 Å². The molecule has 0 aromatic heterocycles. The Balaban J connectivity index is 1.74. The molecule has 0 heterocycles. The number of anilines is 1. The zero-order valence-corrected chi connectivity index (χ0v) is 12.8. The average Bonchev–Trinajstić information content (AvgIpc) is 2.46. The van der Waals surface area contributed by atoms with E-state index in [1.54, 1.807) is 12.1 Å². The van der Waals surface area contributed by atoms with Gasteiger partial charge in [-0.2, -0.15) is 0 Å². The number of hydrogen-bond acceptors (Lipinski definition) is 2. The van der Waals surface area contributed by atoms with Gasteiger partial charge in [0.2, 0.25) is 5.91 Å². The van der Waals surface area contributed by atoms with Crippen LogP contribution in [0.3, 0.4) is 0 Å². The molecule has 0 spiro atoms. The van der Waals surface area contributed by atoms with Gasteiger partial charge in [0, 0.05) is 29.7 Å². The van der Waals surface area contributed by atoms with Gasteiger partial charge in [-0.15, -0.1) is 0 Å². The van der Waals surface area contributed by atoms with Crippen LogP contribution in [-0.4, -0.2) is 30.4 Å². The van der Waals surface area contributed by atoms with Crippen LogP contribution >= 0.6 is 11.6 Å². The van der Waals surface area contributed by atoms with E-state index in [2.05, 4.69) is 17.3 Å². The molecule has 4 heteroatoms. The van der Waals surface area contributed by atoms with Crippen LogP contribution in [0.5, 0.6) is 0 Å². The summed E-state index contributed by atoms with van der Waals surface area (Å²) in [6.07, 6.45) is 7.07. The first-order valence-electron chi connectivity index (χ1n) is 7.41. The fourth-order valence-electron chi connectivity index (χ4n) is 2.77. The lowest BCUT2D eigenvalue weighted by Crippen LogP contribution is -2.35. The summed E-state index contributed by atoms with van der Waals surface area (Å²) >= 11 is 5.90. The van der Waals surface area contributed by atoms with Gasteiger partial charge in [-0.1, -0.05) is 36.9 Å². The molecule has 0 atom stereocenters. The Morgan fingerprint density at radius 3 is 2.80 bits per heavy atom. The van der Waals surface area contributed by atoms with Gasteiger partial charge in [0.25, 0.3) is 0 Å². The predicted octanol–water partition coefficient (Wildman–Crippen LogP) is 3.93. The Labute approximate surface area is 126 Å². The first-order valence-corrected chi connectivity index (χ1v) is 7.78. The average molecular weight is 295 g/mol. The number of halogens is 1. The second-order valence-corrected chi connectivity index (χ2v) is 6.02. The summed E-state index contributed by atoms with van der Waals surface area (Å²) in [5.41, 5.74) is 0.766. The number of hydrogen-bond donors (Lipinski definition) is 1. The molecule has 1 fully saturated rings. The summed E-state index contributed by atoms with van der Waals surface area (Å²) in [7, 11) is 2.13. The maximum Gasteiger partial charge on any atom is 0.225 e. The van der Waals surface area contributed by atoms with Crippen LogP contribution in [-0.2, 0) is 4.79 Å². The molecular weight excluding hydrogens is 272 g/mol. The first kappa shape index (κ1) is 15.3. The topological polar surface area (TPSA) is 32.3 Å². The molecule has 0 unspecified atom stereocenters. The second kappa shape index (κ2) is 7.65. The van der Waals surface area contributed by atoms with Crippen LogP contribution in [0.1, 0.15) is 38.5 Å². The van der Waals surface area contributed by atoms with Gasteiger partial charge in [0.05, 0.1) is 0 Å². The molecule has 0 radical (unpaired) electrons. The van der Waals surface area contributed by atoms with E-state index in [1.807, 2.05) is 12.1 Å². The predicted molar refractivity (Wildman–Crippen MR) is 84.2 cm³/mol. The molecule has 110 valence electrons. The van der Waals surface area contributed by atoms with E-state index in [0.717, 1.165) is 12.2 Å². The molecule has 0 saturated heterocycles. The minimum absolute atomic E-state index is 0.0509. The summed E-state index contributed by atoms with van der Waals surface area (Å²) in [6, 6.07) is 7.92. The molecule has 3 nitrogen and oxygen atoms in total. The molecule has 2 rings (SSSR count). The van der Waals surface area contributed by atoms with Gasteiger partial charge < -0.3 is 10.2 Å². The van der Waals surface area contributed by atoms with Crippen LogP contribution in [0.15, 0.2) is 24.3 Å². The Kier molecular flexibility index (Phi) is 5.86. The van der Waals surface area contributed by atoms with Crippen LogP contribution < -0.4 is 5.32 Å². The Hall–Kier alpha value is -1.06. The van der Waals surface area contributed by atoms with Gasteiger partial charge in [0.1, 0.15) is 0 Å². The number of amides is 1. The number of nitrogens with one attached hydrogen (secondary N) is 1. The Morgan fingerprint density at radius 2 is 2.10 bits per heavy atom. The number of nitrogens with zero attached hydrogens (tertiary/aromatic N) is 1. The van der Waals surface area contributed by atoms with E-state index in [1.165, 1.54) is 32.1 Å². The lowest BCUT2D eigenvalue weighted by molar-refractivity contribution is -0.116. The van der Waals surface area contributed by atoms with Crippen molar-refractivity contribution in [3.05, 3.63) is 29.3 Å². The van der Waals surface area contributed by atoms with Crippen molar-refractivity contribution in [2.45, 2.75) is 44.6 Å². The summed E-state index contributed by atoms with van der Waals surface area (Å²) in [5, 5.41) is 3.53. The van der Waals surface area contributed by atoms with E-state index >= 15 is 0 Å². The lowest BCUT2D eigenvalue weighted by atomic mass is 9.94. The maximum absolute atomic E-state index is 11.9. The molecule has 20 heavy (non-hydrogen) atoms. The third-order valence-corrected chi connectivity index (χ3v) is 4.23. The SMILES string of the molecule is CN(CCC(=O)Nc1cccc(Cl)c1)C1CCCCC1. The number of rotatable bonds is 5. The number of carbonyl (C=O) groups excluding carboxylic acids is 1. The van der Waals surface area contributed by atoms with Crippen LogP contribution in [0, 0.1) is 0 Å². The maximum atomic E-state index is 11.9. The fraction of sp³-hybridized carbons (Fsp3) is 0.562. The van der Waals surface area contributed by atoms with Crippen molar-refractivity contribution in [2.75, 3.05) is 18.9 Å². The van der Waals surface area contributed by atoms with Crippen molar-refractivity contribution in [3.8, 4) is 0 Å². The van der Waals surface area contributed by atoms with E-state index < -0.39 is 0 Å². The third-order valence-electron chi connectivity index (χ3n) is 4.00. The monoisotopic (exact) mass is 294 g/mol. The van der Waals surface area contributed by atoms with Crippen molar-refractivity contribution < 1.29 is 4.79 Å². The van der Waals surface area contributed by atoms with Gasteiger partial charge in [0.15, 0.2) is 0 Å². The Bertz CT molecular complexity index is 444. The standard InChI is InChI=1S/C16H23ClN2O/c1-19(15-8-3-2-4-9-15)11-10-16(20)18-14-7-5-6-13(17)12-14/h5-7,12,15H,2-4,8-11H2,1H3,(H,18,20). The minimum atomic E-state index is 0.0509. The van der Waals surface area contributed by atoms with Crippen molar-refractivity contribution in [1.29, 1.82) is 0 Å². The van der Waals surface area contributed by atoms with Gasteiger partial charge >= 0.3 is 0 Å². The zero-order valence-electron chi connectivity index (χ0n) is 12.1. The fourth-order valence-corrected chi connectivity index (χ4v) is 2.96. The molecular formula is C16H23ClN2O. The number of carbonyl (C=O) groups is 1. The minimum Gasteiger partial charge on any atom is -0.326 e. The van der Waals surface area contributed by atoms with Crippen LogP contribution in [0.2, 0.25) is 5.02 Å². The molecule has 1 saturated carbocycles. The quantitative estimate of drug-likeness (QED) is 0.892. The molecule has 1 aliphatic carbocycles. The Morgan fingerprint density at radius 1 is 1.35 bits per heavy atom. The smallest absolute Gasteiger partial charge is 0.225 e. The zero-order chi connectivity index (χ0) is 14.4. The highest BCUT2D eigenvalue weighted by Crippen LogP contribution is 2.21. The highest BCUT2D eigenvalue weighted by molar-refractivity contribution is 6.30. The van der Waals surface area contributed by atoms with E-state index in [9.17, 15) is 4.79 Å². The molecule has 1 aromatic rings. The highest BCUT2D eigenvalue weighted by Gasteiger charge is 2.18. The van der Waals surface area contributed by atoms with Crippen molar-refractivity contribution >= 4 is 23.2 Å². The molecule has 1 aromatic carbocycles. The van der Waals surface area contributed by atoms with Crippen LogP contribution in [0.4, 0.5) is 5.69 Å². The van der Waals surface area contributed by atoms with E-state index in [0.29, 0.717) is 17.5 Å². The van der Waals surface area contributed by atoms with Crippen molar-refractivity contribution in [1.82, 2.24) is 4.90 Å². The largest absolute Gasteiger partial charge is 0.326 e. The second-order valence-electron chi connectivity index (χ2n) is 5.58. The van der Waals surface area contributed by atoms with E-state index in [4.69, 9.17) is 11.6 Å². The molecule has 1 aliphatic rings. The molecule has 1 N–H and O–H groups in total. The summed E-state index contributed by atoms with van der Waals surface area (Å²) < 4.78 is 0. The first-order chi connectivity index (χ1) is 9.65. The summed E-state index contributed by atoms with van der Waals surface area (Å²) in [4.78, 5) is 14.3. The van der Waals surface area contributed by atoms with Gasteiger partial charge in [-0.05, 0) is 38.1 Å². The third kappa shape index (κ3) is 4.80. The van der Waals surface area contributed by atoms with Crippen molar-refractivity contribution in [3.63, 3.8) is 0 Å².